The average Bonchev–Trinajstić information content (AvgIpc) is 2.81. The standard InChI is InChI=1S/C13H13ClN2O4/c1-8(19-11-5-3-4-10(14)6-11)13(17)18-7-12-15-9(2)16-20-12/h3-6,8H,7H2,1-2H3. The molecule has 20 heavy (non-hydrogen) atoms. The van der Waals surface area contributed by atoms with Gasteiger partial charge in [-0.1, -0.05) is 22.8 Å². The Bertz CT molecular complexity index is 600. The number of nitrogens with zero attached hydrogens (tertiary/aromatic N) is 2. The molecule has 106 valence electrons. The Morgan fingerprint density at radius 3 is 2.95 bits per heavy atom. The second kappa shape index (κ2) is 6.38. The van der Waals surface area contributed by atoms with E-state index in [2.05, 4.69) is 10.1 Å². The van der Waals surface area contributed by atoms with Crippen LogP contribution in [0, 0.1) is 6.92 Å². The minimum atomic E-state index is -0.766. The molecule has 0 spiro atoms. The Kier molecular flexibility index (Phi) is 4.57. The molecule has 7 heteroatoms. The lowest BCUT2D eigenvalue weighted by Crippen LogP contribution is -2.26. The monoisotopic (exact) mass is 296 g/mol. The van der Waals surface area contributed by atoms with Crippen LogP contribution in [-0.2, 0) is 16.1 Å². The molecule has 0 saturated heterocycles. The topological polar surface area (TPSA) is 74.5 Å². The van der Waals surface area contributed by atoms with E-state index in [9.17, 15) is 4.79 Å². The highest BCUT2D eigenvalue weighted by Gasteiger charge is 2.17. The van der Waals surface area contributed by atoms with Crippen molar-refractivity contribution in [2.75, 3.05) is 0 Å². The van der Waals surface area contributed by atoms with Crippen molar-refractivity contribution in [2.24, 2.45) is 0 Å². The highest BCUT2D eigenvalue weighted by Crippen LogP contribution is 2.18. The number of carbonyl (C=O) groups excluding carboxylic acids is 1. The van der Waals surface area contributed by atoms with Crippen molar-refractivity contribution in [3.8, 4) is 5.75 Å². The number of halogens is 1. The minimum Gasteiger partial charge on any atom is -0.479 e. The smallest absolute Gasteiger partial charge is 0.347 e. The molecule has 1 aromatic carbocycles. The summed E-state index contributed by atoms with van der Waals surface area (Å²) in [5.74, 6) is 0.696. The fourth-order valence-electron chi connectivity index (χ4n) is 1.44. The van der Waals surface area contributed by atoms with E-state index in [1.807, 2.05) is 0 Å². The Balaban J connectivity index is 1.85. The van der Waals surface area contributed by atoms with Gasteiger partial charge in [0.15, 0.2) is 18.5 Å². The summed E-state index contributed by atoms with van der Waals surface area (Å²) in [4.78, 5) is 15.7. The summed E-state index contributed by atoms with van der Waals surface area (Å²) in [6, 6.07) is 6.77. The number of aryl methyl sites for hydroxylation is 1. The Labute approximate surface area is 120 Å². The first-order chi connectivity index (χ1) is 9.54. The summed E-state index contributed by atoms with van der Waals surface area (Å²) in [7, 11) is 0. The number of aromatic nitrogens is 2. The van der Waals surface area contributed by atoms with E-state index in [-0.39, 0.29) is 12.5 Å². The van der Waals surface area contributed by atoms with E-state index in [1.54, 1.807) is 38.1 Å². The summed E-state index contributed by atoms with van der Waals surface area (Å²) >= 11 is 5.83. The predicted octanol–water partition coefficient (Wildman–Crippen LogP) is 2.54. The van der Waals surface area contributed by atoms with Gasteiger partial charge in [-0.05, 0) is 32.0 Å². The second-order valence-corrected chi connectivity index (χ2v) is 4.50. The molecule has 0 fully saturated rings. The number of hydrogen-bond acceptors (Lipinski definition) is 6. The van der Waals surface area contributed by atoms with Crippen LogP contribution in [0.1, 0.15) is 18.6 Å². The molecular formula is C13H13ClN2O4. The maximum absolute atomic E-state index is 11.7. The van der Waals surface area contributed by atoms with Crippen molar-refractivity contribution in [3.63, 3.8) is 0 Å². The highest BCUT2D eigenvalue weighted by molar-refractivity contribution is 6.30. The lowest BCUT2D eigenvalue weighted by atomic mass is 10.3. The zero-order valence-corrected chi connectivity index (χ0v) is 11.8. The number of ether oxygens (including phenoxy) is 2. The molecule has 2 rings (SSSR count). The normalized spacial score (nSPS) is 11.9. The molecule has 1 unspecified atom stereocenters. The van der Waals surface area contributed by atoms with E-state index in [4.69, 9.17) is 25.6 Å². The third-order valence-electron chi connectivity index (χ3n) is 2.35. The van der Waals surface area contributed by atoms with Crippen molar-refractivity contribution in [1.82, 2.24) is 10.1 Å². The van der Waals surface area contributed by atoms with Crippen LogP contribution in [-0.4, -0.2) is 22.2 Å². The molecule has 0 amide bonds. The van der Waals surface area contributed by atoms with Gasteiger partial charge in [-0.15, -0.1) is 0 Å². The minimum absolute atomic E-state index is 0.0804. The van der Waals surface area contributed by atoms with Crippen LogP contribution in [0.4, 0.5) is 0 Å². The summed E-state index contributed by atoms with van der Waals surface area (Å²) in [6.45, 7) is 3.19. The predicted molar refractivity (Wildman–Crippen MR) is 70.4 cm³/mol. The summed E-state index contributed by atoms with van der Waals surface area (Å²) in [5.41, 5.74) is 0. The summed E-state index contributed by atoms with van der Waals surface area (Å²) in [6.07, 6.45) is -0.766. The lowest BCUT2D eigenvalue weighted by Gasteiger charge is -2.13. The van der Waals surface area contributed by atoms with Crippen molar-refractivity contribution >= 4 is 17.6 Å². The van der Waals surface area contributed by atoms with Crippen LogP contribution < -0.4 is 4.74 Å². The fourth-order valence-corrected chi connectivity index (χ4v) is 1.62. The van der Waals surface area contributed by atoms with Gasteiger partial charge in [0, 0.05) is 5.02 Å². The fraction of sp³-hybridized carbons (Fsp3) is 0.308. The van der Waals surface area contributed by atoms with Gasteiger partial charge in [-0.2, -0.15) is 4.98 Å². The quantitative estimate of drug-likeness (QED) is 0.789. The van der Waals surface area contributed by atoms with E-state index >= 15 is 0 Å². The first-order valence-corrected chi connectivity index (χ1v) is 6.30. The number of esters is 1. The second-order valence-electron chi connectivity index (χ2n) is 4.06. The Morgan fingerprint density at radius 1 is 1.50 bits per heavy atom. The van der Waals surface area contributed by atoms with E-state index in [1.165, 1.54) is 0 Å². The van der Waals surface area contributed by atoms with Crippen LogP contribution >= 0.6 is 11.6 Å². The van der Waals surface area contributed by atoms with Gasteiger partial charge in [0.05, 0.1) is 0 Å². The molecule has 0 bridgehead atoms. The Hall–Kier alpha value is -2.08. The average molecular weight is 297 g/mol. The van der Waals surface area contributed by atoms with Gasteiger partial charge < -0.3 is 14.0 Å². The van der Waals surface area contributed by atoms with Gasteiger partial charge in [0.25, 0.3) is 5.89 Å². The number of carbonyl (C=O) groups is 1. The zero-order valence-electron chi connectivity index (χ0n) is 11.0. The van der Waals surface area contributed by atoms with Crippen molar-refractivity contribution in [1.29, 1.82) is 0 Å². The third kappa shape index (κ3) is 3.96. The number of hydrogen-bond donors (Lipinski definition) is 0. The number of benzene rings is 1. The van der Waals surface area contributed by atoms with Crippen molar-refractivity contribution in [2.45, 2.75) is 26.6 Å². The molecule has 6 nitrogen and oxygen atoms in total. The molecule has 0 N–H and O–H groups in total. The molecule has 1 atom stereocenters. The summed E-state index contributed by atoms with van der Waals surface area (Å²) < 4.78 is 15.3. The molecule has 0 radical (unpaired) electrons. The maximum atomic E-state index is 11.7. The first kappa shape index (κ1) is 14.3. The van der Waals surface area contributed by atoms with E-state index < -0.39 is 12.1 Å². The van der Waals surface area contributed by atoms with Crippen molar-refractivity contribution in [3.05, 3.63) is 41.0 Å². The molecule has 0 saturated carbocycles. The molecular weight excluding hydrogens is 284 g/mol. The van der Waals surface area contributed by atoms with Crippen LogP contribution in [0.15, 0.2) is 28.8 Å². The molecule has 1 aromatic heterocycles. The van der Waals surface area contributed by atoms with Gasteiger partial charge in [-0.3, -0.25) is 0 Å². The van der Waals surface area contributed by atoms with Crippen molar-refractivity contribution < 1.29 is 18.8 Å². The van der Waals surface area contributed by atoms with Gasteiger partial charge in [0.2, 0.25) is 0 Å². The molecule has 0 aliphatic heterocycles. The van der Waals surface area contributed by atoms with E-state index in [0.717, 1.165) is 0 Å². The SMILES string of the molecule is Cc1noc(COC(=O)C(C)Oc2cccc(Cl)c2)n1. The Morgan fingerprint density at radius 2 is 2.30 bits per heavy atom. The van der Waals surface area contributed by atoms with Crippen LogP contribution in [0.5, 0.6) is 5.75 Å². The summed E-state index contributed by atoms with van der Waals surface area (Å²) in [5, 5.41) is 4.13. The molecule has 0 aliphatic rings. The maximum Gasteiger partial charge on any atom is 0.347 e. The third-order valence-corrected chi connectivity index (χ3v) is 2.58. The van der Waals surface area contributed by atoms with Crippen LogP contribution in [0.25, 0.3) is 0 Å². The zero-order chi connectivity index (χ0) is 14.5. The lowest BCUT2D eigenvalue weighted by molar-refractivity contribution is -0.153. The molecule has 2 aromatic rings. The van der Waals surface area contributed by atoms with Gasteiger partial charge in [-0.25, -0.2) is 4.79 Å². The van der Waals surface area contributed by atoms with E-state index in [0.29, 0.717) is 16.6 Å². The molecule has 1 heterocycles. The largest absolute Gasteiger partial charge is 0.479 e. The van der Waals surface area contributed by atoms with Crippen LogP contribution in [0.2, 0.25) is 5.02 Å². The molecule has 0 aliphatic carbocycles. The van der Waals surface area contributed by atoms with Crippen LogP contribution in [0.3, 0.4) is 0 Å². The number of rotatable bonds is 5. The van der Waals surface area contributed by atoms with Gasteiger partial charge in [0.1, 0.15) is 5.75 Å². The first-order valence-electron chi connectivity index (χ1n) is 5.92. The highest BCUT2D eigenvalue weighted by atomic mass is 35.5. The van der Waals surface area contributed by atoms with Gasteiger partial charge >= 0.3 is 5.97 Å².